The van der Waals surface area contributed by atoms with Crippen LogP contribution in [0.5, 0.6) is 5.75 Å². The average molecular weight is 148 g/mol. The molecule has 0 amide bonds. The van der Waals surface area contributed by atoms with Crippen molar-refractivity contribution < 1.29 is 9.47 Å². The quantitative estimate of drug-likeness (QED) is 0.560. The Labute approximate surface area is 65.1 Å². The summed E-state index contributed by atoms with van der Waals surface area (Å²) in [7, 11) is 0. The van der Waals surface area contributed by atoms with E-state index in [0.717, 1.165) is 11.3 Å². The second-order valence-electron chi connectivity index (χ2n) is 2.31. The first-order valence-electron chi connectivity index (χ1n) is 3.48. The minimum Gasteiger partial charge on any atom is -0.493 e. The molecule has 1 heterocycles. The fourth-order valence-electron chi connectivity index (χ4n) is 1.02. The van der Waals surface area contributed by atoms with Crippen LogP contribution in [0.1, 0.15) is 5.56 Å². The first kappa shape index (κ1) is 6.28. The molecule has 0 bridgehead atoms. The number of benzene rings is 1. The van der Waals surface area contributed by atoms with Crippen molar-refractivity contribution in [2.75, 3.05) is 0 Å². The second-order valence-corrected chi connectivity index (χ2v) is 2.31. The number of hydrogen-bond donors (Lipinski definition) is 0. The zero-order chi connectivity index (χ0) is 7.52. The maximum atomic E-state index is 5.24. The molecule has 0 saturated carbocycles. The smallest absolute Gasteiger partial charge is 0.133 e. The molecule has 1 aliphatic rings. The van der Waals surface area contributed by atoms with Gasteiger partial charge in [-0.25, -0.2) is 0 Å². The van der Waals surface area contributed by atoms with Crippen LogP contribution in [0, 0.1) is 0 Å². The fourth-order valence-corrected chi connectivity index (χ4v) is 1.02. The highest BCUT2D eigenvalue weighted by Crippen LogP contribution is 2.20. The Morgan fingerprint density at radius 1 is 1.09 bits per heavy atom. The van der Waals surface area contributed by atoms with Crippen molar-refractivity contribution in [1.82, 2.24) is 0 Å². The molecule has 0 spiro atoms. The summed E-state index contributed by atoms with van der Waals surface area (Å²) in [5, 5.41) is 0. The van der Waals surface area contributed by atoms with E-state index < -0.39 is 0 Å². The Bertz CT molecular complexity index is 279. The van der Waals surface area contributed by atoms with Crippen LogP contribution in [0.4, 0.5) is 0 Å². The molecule has 0 aromatic heterocycles. The van der Waals surface area contributed by atoms with Crippen LogP contribution >= 0.6 is 0 Å². The van der Waals surface area contributed by atoms with Gasteiger partial charge >= 0.3 is 0 Å². The summed E-state index contributed by atoms with van der Waals surface area (Å²) in [6, 6.07) is 7.82. The van der Waals surface area contributed by atoms with Gasteiger partial charge in [0.25, 0.3) is 0 Å². The molecule has 1 aromatic carbocycles. The molecule has 2 rings (SSSR count). The first-order chi connectivity index (χ1) is 5.47. The second kappa shape index (κ2) is 2.66. The average Bonchev–Trinajstić information content (AvgIpc) is 2.28. The van der Waals surface area contributed by atoms with Crippen molar-refractivity contribution in [2.45, 2.75) is 6.61 Å². The molecular formula is C9H8O2. The van der Waals surface area contributed by atoms with Gasteiger partial charge in [0.05, 0.1) is 0 Å². The van der Waals surface area contributed by atoms with Crippen LogP contribution in [0.3, 0.4) is 0 Å². The van der Waals surface area contributed by atoms with Gasteiger partial charge in [0.15, 0.2) is 0 Å². The molecule has 0 N–H and O–H groups in total. The fraction of sp³-hybridized carbons (Fsp3) is 0.111. The lowest BCUT2D eigenvalue weighted by atomic mass is 10.2. The summed E-state index contributed by atoms with van der Waals surface area (Å²) >= 11 is 0. The highest BCUT2D eigenvalue weighted by atomic mass is 16.5. The van der Waals surface area contributed by atoms with Gasteiger partial charge < -0.3 is 9.47 Å². The number of ether oxygens (including phenoxy) is 2. The third-order valence-corrected chi connectivity index (χ3v) is 1.56. The van der Waals surface area contributed by atoms with Crippen molar-refractivity contribution in [2.24, 2.45) is 0 Å². The van der Waals surface area contributed by atoms with Gasteiger partial charge in [-0.05, 0) is 6.07 Å². The van der Waals surface area contributed by atoms with E-state index in [4.69, 9.17) is 9.47 Å². The predicted octanol–water partition coefficient (Wildman–Crippen LogP) is 2.07. The van der Waals surface area contributed by atoms with Gasteiger partial charge in [0.1, 0.15) is 24.9 Å². The van der Waals surface area contributed by atoms with Crippen molar-refractivity contribution in [3.63, 3.8) is 0 Å². The van der Waals surface area contributed by atoms with E-state index in [2.05, 4.69) is 0 Å². The summed E-state index contributed by atoms with van der Waals surface area (Å²) in [6.45, 7) is 0.590. The topological polar surface area (TPSA) is 18.5 Å². The van der Waals surface area contributed by atoms with Crippen molar-refractivity contribution >= 4 is 0 Å². The lowest BCUT2D eigenvalue weighted by Gasteiger charge is -2.02. The van der Waals surface area contributed by atoms with Crippen LogP contribution in [-0.4, -0.2) is 0 Å². The minimum atomic E-state index is 0.590. The van der Waals surface area contributed by atoms with Crippen molar-refractivity contribution in [1.29, 1.82) is 0 Å². The van der Waals surface area contributed by atoms with Gasteiger partial charge in [-0.3, -0.25) is 0 Å². The monoisotopic (exact) mass is 148 g/mol. The van der Waals surface area contributed by atoms with Crippen LogP contribution in [0.2, 0.25) is 0 Å². The van der Waals surface area contributed by atoms with Crippen LogP contribution < -0.4 is 4.74 Å². The first-order valence-corrected chi connectivity index (χ1v) is 3.48. The van der Waals surface area contributed by atoms with E-state index in [1.165, 1.54) is 0 Å². The molecule has 2 heteroatoms. The number of para-hydroxylation sites is 1. The third kappa shape index (κ3) is 1.19. The van der Waals surface area contributed by atoms with E-state index in [9.17, 15) is 0 Å². The summed E-state index contributed by atoms with van der Waals surface area (Å²) in [5.41, 5.74) is 1.08. The standard InChI is InChI=1S/C9H8O2/c1-2-4-9-8(3-1)7-10-5-6-11-9/h1-6H,7H2. The van der Waals surface area contributed by atoms with Gasteiger partial charge in [-0.2, -0.15) is 0 Å². The Morgan fingerprint density at radius 2 is 2.00 bits per heavy atom. The van der Waals surface area contributed by atoms with Gasteiger partial charge in [-0.1, -0.05) is 18.2 Å². The Hall–Kier alpha value is -1.44. The normalized spacial score (nSPS) is 14.2. The Kier molecular flexibility index (Phi) is 1.52. The van der Waals surface area contributed by atoms with E-state index in [1.807, 2.05) is 24.3 Å². The summed E-state index contributed by atoms with van der Waals surface area (Å²) in [6.07, 6.45) is 3.10. The highest BCUT2D eigenvalue weighted by Gasteiger charge is 2.03. The lowest BCUT2D eigenvalue weighted by Crippen LogP contribution is -1.86. The van der Waals surface area contributed by atoms with E-state index in [0.29, 0.717) is 6.61 Å². The molecule has 2 nitrogen and oxygen atoms in total. The molecule has 0 radical (unpaired) electrons. The van der Waals surface area contributed by atoms with E-state index in [-0.39, 0.29) is 0 Å². The zero-order valence-corrected chi connectivity index (χ0v) is 5.99. The molecule has 1 aliphatic heterocycles. The summed E-state index contributed by atoms with van der Waals surface area (Å²) < 4.78 is 10.4. The SMILES string of the molecule is C1=COc2ccccc2CO1. The molecule has 1 aromatic rings. The van der Waals surface area contributed by atoms with E-state index in [1.54, 1.807) is 12.5 Å². The molecule has 0 atom stereocenters. The molecule has 11 heavy (non-hydrogen) atoms. The number of fused-ring (bicyclic) bond motifs is 1. The maximum Gasteiger partial charge on any atom is 0.133 e. The molecule has 0 unspecified atom stereocenters. The maximum absolute atomic E-state index is 5.24. The largest absolute Gasteiger partial charge is 0.493 e. The Balaban J connectivity index is 2.40. The van der Waals surface area contributed by atoms with Gasteiger partial charge in [0.2, 0.25) is 0 Å². The van der Waals surface area contributed by atoms with E-state index >= 15 is 0 Å². The molecule has 0 saturated heterocycles. The molecule has 56 valence electrons. The van der Waals surface area contributed by atoms with Crippen LogP contribution in [-0.2, 0) is 11.3 Å². The number of rotatable bonds is 0. The summed E-state index contributed by atoms with van der Waals surface area (Å²) in [4.78, 5) is 0. The van der Waals surface area contributed by atoms with Gasteiger partial charge in [0, 0.05) is 5.56 Å². The van der Waals surface area contributed by atoms with Crippen molar-refractivity contribution in [3.05, 3.63) is 42.4 Å². The van der Waals surface area contributed by atoms with Crippen LogP contribution in [0.25, 0.3) is 0 Å². The Morgan fingerprint density at radius 3 is 3.00 bits per heavy atom. The highest BCUT2D eigenvalue weighted by molar-refractivity contribution is 5.33. The zero-order valence-electron chi connectivity index (χ0n) is 5.99. The predicted molar refractivity (Wildman–Crippen MR) is 41.0 cm³/mol. The number of hydrogen-bond acceptors (Lipinski definition) is 2. The van der Waals surface area contributed by atoms with Crippen molar-refractivity contribution in [3.8, 4) is 5.75 Å². The van der Waals surface area contributed by atoms with Crippen LogP contribution in [0.15, 0.2) is 36.8 Å². The minimum absolute atomic E-state index is 0.590. The lowest BCUT2D eigenvalue weighted by molar-refractivity contribution is 0.237. The summed E-state index contributed by atoms with van der Waals surface area (Å²) in [5.74, 6) is 0.876. The molecular weight excluding hydrogens is 140 g/mol. The van der Waals surface area contributed by atoms with Gasteiger partial charge in [-0.15, -0.1) is 0 Å². The third-order valence-electron chi connectivity index (χ3n) is 1.56. The molecule has 0 aliphatic carbocycles. The molecule has 0 fully saturated rings.